The largest absolute Gasteiger partial charge is 0.461 e. The van der Waals surface area contributed by atoms with Crippen LogP contribution in [-0.4, -0.2) is 43.9 Å². The summed E-state index contributed by atoms with van der Waals surface area (Å²) in [6, 6.07) is 0. The monoisotopic (exact) mass is 393 g/mol. The number of carbonyl (C=O) groups excluding carboxylic acids is 2. The van der Waals surface area contributed by atoms with Crippen LogP contribution in [0.4, 0.5) is 0 Å². The fourth-order valence-electron chi connectivity index (χ4n) is 4.09. The summed E-state index contributed by atoms with van der Waals surface area (Å²) < 4.78 is 5.13. The molecule has 0 heterocycles. The lowest BCUT2D eigenvalue weighted by molar-refractivity contribution is -0.138. The molecule has 0 aromatic carbocycles. The molecule has 28 heavy (non-hydrogen) atoms. The highest BCUT2D eigenvalue weighted by Gasteiger charge is 2.33. The lowest BCUT2D eigenvalue weighted by Crippen LogP contribution is -2.19. The summed E-state index contributed by atoms with van der Waals surface area (Å²) in [5.41, 5.74) is 0. The minimum Gasteiger partial charge on any atom is -0.461 e. The lowest BCUT2D eigenvalue weighted by atomic mass is 9.86. The first-order valence-electron chi connectivity index (χ1n) is 11.5. The van der Waals surface area contributed by atoms with E-state index in [0.29, 0.717) is 24.2 Å². The smallest absolute Gasteiger partial charge is 0.330 e. The van der Waals surface area contributed by atoms with Gasteiger partial charge in [-0.1, -0.05) is 57.9 Å². The highest BCUT2D eigenvalue weighted by Crippen LogP contribution is 2.36. The molecule has 0 aromatic rings. The molecule has 1 saturated carbocycles. The molecule has 0 N–H and O–H groups in total. The third-order valence-corrected chi connectivity index (χ3v) is 5.85. The van der Waals surface area contributed by atoms with E-state index in [1.165, 1.54) is 51.0 Å². The molecule has 0 spiro atoms. The van der Waals surface area contributed by atoms with Gasteiger partial charge in [0.05, 0.1) is 0 Å². The van der Waals surface area contributed by atoms with Crippen LogP contribution in [0.25, 0.3) is 0 Å². The maximum atomic E-state index is 12.2. The molecule has 1 aliphatic carbocycles. The number of unbranched alkanes of at least 4 members (excludes halogenated alkanes) is 7. The molecular formula is C24H43NO3. The zero-order valence-corrected chi connectivity index (χ0v) is 18.6. The minimum absolute atomic E-state index is 0.258. The number of nitrogens with zero attached hydrogens (tertiary/aromatic N) is 1. The molecule has 0 radical (unpaired) electrons. The molecular weight excluding hydrogens is 350 g/mol. The van der Waals surface area contributed by atoms with Crippen molar-refractivity contribution in [2.45, 2.75) is 90.4 Å². The fourth-order valence-corrected chi connectivity index (χ4v) is 4.09. The first-order valence-corrected chi connectivity index (χ1v) is 11.5. The summed E-state index contributed by atoms with van der Waals surface area (Å²) in [6.07, 6.45) is 18.6. The summed E-state index contributed by atoms with van der Waals surface area (Å²) in [5.74, 6) is 1.17. The van der Waals surface area contributed by atoms with E-state index in [1.54, 1.807) is 0 Å². The fraction of sp³-hybridized carbons (Fsp3) is 0.833. The molecule has 1 aliphatic rings. The van der Waals surface area contributed by atoms with Gasteiger partial charge in [-0.2, -0.15) is 0 Å². The number of rotatable bonds is 16. The van der Waals surface area contributed by atoms with E-state index in [-0.39, 0.29) is 5.97 Å². The molecule has 1 rings (SSSR count). The summed E-state index contributed by atoms with van der Waals surface area (Å²) in [5, 5.41) is 0. The molecule has 0 amide bonds. The predicted molar refractivity (Wildman–Crippen MR) is 116 cm³/mol. The maximum Gasteiger partial charge on any atom is 0.330 e. The first-order chi connectivity index (χ1) is 13.5. The predicted octanol–water partition coefficient (Wildman–Crippen LogP) is 5.55. The van der Waals surface area contributed by atoms with Gasteiger partial charge in [-0.15, -0.1) is 0 Å². The Morgan fingerprint density at radius 3 is 2.54 bits per heavy atom. The van der Waals surface area contributed by atoms with Crippen LogP contribution in [0.3, 0.4) is 0 Å². The van der Waals surface area contributed by atoms with Crippen LogP contribution in [0, 0.1) is 11.8 Å². The molecule has 162 valence electrons. The van der Waals surface area contributed by atoms with Gasteiger partial charge >= 0.3 is 5.97 Å². The Hall–Kier alpha value is -1.16. The van der Waals surface area contributed by atoms with E-state index in [2.05, 4.69) is 6.92 Å². The van der Waals surface area contributed by atoms with Crippen molar-refractivity contribution in [3.05, 3.63) is 12.2 Å². The summed E-state index contributed by atoms with van der Waals surface area (Å²) in [6.45, 7) is 3.43. The molecule has 4 nitrogen and oxygen atoms in total. The van der Waals surface area contributed by atoms with Crippen molar-refractivity contribution >= 4 is 11.8 Å². The average molecular weight is 394 g/mol. The van der Waals surface area contributed by atoms with E-state index in [1.807, 2.05) is 25.1 Å². The number of hydrogen-bond donors (Lipinski definition) is 0. The number of allylic oxidation sites excluding steroid dienone is 1. The normalized spacial score (nSPS) is 19.8. The molecule has 1 fully saturated rings. The van der Waals surface area contributed by atoms with Gasteiger partial charge in [-0.25, -0.2) is 4.79 Å². The Morgan fingerprint density at radius 2 is 1.79 bits per heavy atom. The second-order valence-electron chi connectivity index (χ2n) is 8.59. The number of carbonyl (C=O) groups is 2. The van der Waals surface area contributed by atoms with E-state index >= 15 is 0 Å². The third-order valence-electron chi connectivity index (χ3n) is 5.85. The Kier molecular flexibility index (Phi) is 14.0. The molecule has 0 saturated heterocycles. The average Bonchev–Trinajstić information content (AvgIpc) is 3.00. The van der Waals surface area contributed by atoms with Gasteiger partial charge in [0.15, 0.2) is 0 Å². The molecule has 0 aromatic heterocycles. The van der Waals surface area contributed by atoms with E-state index in [4.69, 9.17) is 4.74 Å². The quantitative estimate of drug-likeness (QED) is 0.196. The van der Waals surface area contributed by atoms with E-state index < -0.39 is 0 Å². The van der Waals surface area contributed by atoms with Crippen LogP contribution in [-0.2, 0) is 14.3 Å². The van der Waals surface area contributed by atoms with Crippen molar-refractivity contribution in [3.8, 4) is 0 Å². The van der Waals surface area contributed by atoms with Crippen molar-refractivity contribution in [1.29, 1.82) is 0 Å². The van der Waals surface area contributed by atoms with Crippen molar-refractivity contribution in [1.82, 2.24) is 4.90 Å². The highest BCUT2D eigenvalue weighted by atomic mass is 16.5. The third kappa shape index (κ3) is 11.6. The van der Waals surface area contributed by atoms with Crippen molar-refractivity contribution in [3.63, 3.8) is 0 Å². The zero-order valence-electron chi connectivity index (χ0n) is 18.6. The summed E-state index contributed by atoms with van der Waals surface area (Å²) >= 11 is 0. The second kappa shape index (κ2) is 15.7. The van der Waals surface area contributed by atoms with Gasteiger partial charge in [-0.3, -0.25) is 4.79 Å². The summed E-state index contributed by atoms with van der Waals surface area (Å²) in [4.78, 5) is 25.8. The molecule has 2 atom stereocenters. The molecule has 0 bridgehead atoms. The van der Waals surface area contributed by atoms with Crippen LogP contribution in [0.5, 0.6) is 0 Å². The highest BCUT2D eigenvalue weighted by molar-refractivity contribution is 5.83. The number of likely N-dealkylation sites (N-methyl/N-ethyl adjacent to an activating group) is 1. The lowest BCUT2D eigenvalue weighted by Gasteiger charge is -2.18. The van der Waals surface area contributed by atoms with Gasteiger partial charge in [0.25, 0.3) is 0 Å². The Morgan fingerprint density at radius 1 is 1.07 bits per heavy atom. The number of esters is 1. The zero-order chi connectivity index (χ0) is 20.6. The Bertz CT molecular complexity index is 459. The number of hydrogen-bond acceptors (Lipinski definition) is 4. The van der Waals surface area contributed by atoms with Gasteiger partial charge in [0.1, 0.15) is 12.4 Å². The maximum absolute atomic E-state index is 12.2. The Balaban J connectivity index is 2.12. The standard InChI is InChI=1S/C24H43NO3/c1-4-5-6-7-8-11-14-21-17-18-23(26)22(21)15-12-9-10-13-16-24(27)28-20-19-25(2)3/h13,16,21-22H,4-12,14-15,17-20H2,1-3H3/t21-,22+/m0/s1. The number of ether oxygens (including phenoxy) is 1. The van der Waals surface area contributed by atoms with Crippen molar-refractivity contribution in [2.75, 3.05) is 27.2 Å². The molecule has 0 aliphatic heterocycles. The van der Waals surface area contributed by atoms with E-state index in [9.17, 15) is 9.59 Å². The SMILES string of the molecule is CCCCCCCC[C@H]1CCC(=O)[C@@H]1CCCCC=CC(=O)OCCN(C)C. The van der Waals surface area contributed by atoms with E-state index in [0.717, 1.165) is 45.1 Å². The molecule has 4 heteroatoms. The van der Waals surface area contributed by atoms with Crippen LogP contribution in [0.15, 0.2) is 12.2 Å². The topological polar surface area (TPSA) is 46.6 Å². The van der Waals surface area contributed by atoms with Gasteiger partial charge < -0.3 is 9.64 Å². The van der Waals surface area contributed by atoms with Gasteiger partial charge in [0.2, 0.25) is 0 Å². The Labute approximate surface area is 173 Å². The van der Waals surface area contributed by atoms with Crippen LogP contribution in [0.1, 0.15) is 90.4 Å². The van der Waals surface area contributed by atoms with Gasteiger partial charge in [0, 0.05) is 25.0 Å². The van der Waals surface area contributed by atoms with Crippen molar-refractivity contribution in [2.24, 2.45) is 11.8 Å². The van der Waals surface area contributed by atoms with Crippen LogP contribution < -0.4 is 0 Å². The minimum atomic E-state index is -0.258. The van der Waals surface area contributed by atoms with Gasteiger partial charge in [-0.05, 0) is 52.1 Å². The van der Waals surface area contributed by atoms with Crippen LogP contribution in [0.2, 0.25) is 0 Å². The first kappa shape index (κ1) is 24.9. The second-order valence-corrected chi connectivity index (χ2v) is 8.59. The summed E-state index contributed by atoms with van der Waals surface area (Å²) in [7, 11) is 3.91. The molecule has 0 unspecified atom stereocenters. The number of ketones is 1. The van der Waals surface area contributed by atoms with Crippen molar-refractivity contribution < 1.29 is 14.3 Å². The number of Topliss-reactive ketones (excluding diaryl/α,β-unsaturated/α-hetero) is 1. The van der Waals surface area contributed by atoms with Crippen LogP contribution >= 0.6 is 0 Å².